The summed E-state index contributed by atoms with van der Waals surface area (Å²) in [5.41, 5.74) is 33.3. The van der Waals surface area contributed by atoms with Gasteiger partial charge in [0.05, 0.1) is 33.6 Å². The van der Waals surface area contributed by atoms with E-state index in [0.717, 1.165) is 128 Å². The van der Waals surface area contributed by atoms with Gasteiger partial charge in [0.15, 0.2) is 5.78 Å². The largest absolute Gasteiger partial charge is 1.00 e. The monoisotopic (exact) mass is 1610 g/mol. The molecular weight excluding hydrogens is 1530 g/mol. The molecule has 0 saturated carbocycles. The summed E-state index contributed by atoms with van der Waals surface area (Å²) in [5, 5.41) is 13.7. The van der Waals surface area contributed by atoms with Crippen molar-refractivity contribution in [1.29, 1.82) is 0 Å². The molecule has 2 heterocycles. The molecule has 0 atom stereocenters. The molecule has 0 bridgehead atoms. The zero-order chi connectivity index (χ0) is 80.4. The third-order valence-corrected chi connectivity index (χ3v) is 24.7. The molecule has 0 radical (unpaired) electrons. The number of ketones is 1. The molecule has 0 fully saturated rings. The summed E-state index contributed by atoms with van der Waals surface area (Å²) >= 11 is 3.65. The van der Waals surface area contributed by atoms with Crippen molar-refractivity contribution in [3.63, 3.8) is 0 Å². The average molecular weight is 1610 g/mol. The maximum atomic E-state index is 13.7. The first kappa shape index (κ1) is 80.0. The third-order valence-electron chi connectivity index (χ3n) is 24.0. The van der Waals surface area contributed by atoms with Crippen LogP contribution >= 0.6 is 15.9 Å². The molecule has 4 aliphatic carbocycles. The normalized spacial score (nSPS) is 12.9. The molecule has 22 rings (SSSR count). The first-order chi connectivity index (χ1) is 58.7. The molecule has 4 aliphatic rings. The van der Waals surface area contributed by atoms with E-state index in [0.29, 0.717) is 0 Å². The second-order valence-corrected chi connectivity index (χ2v) is 31.5. The number of hydrogen-bond donors (Lipinski definition) is 1. The Bertz CT molecular complexity index is 6500. The number of hydrogen-bond acceptors (Lipinski definition) is 4. The molecule has 18 aromatic rings. The molecule has 4 nitrogen and oxygen atoms in total. The Labute approximate surface area is 730 Å². The van der Waals surface area contributed by atoms with E-state index >= 15 is 0 Å². The number of carbonyl (C=O) groups excluding carboxylic acids is 1. The van der Waals surface area contributed by atoms with Crippen LogP contribution < -0.4 is 18.9 Å². The summed E-state index contributed by atoms with van der Waals surface area (Å²) in [5.74, 6) is 0.119. The number of nitrogens with zero attached hydrogens (tertiary/aromatic N) is 2. The zero-order valence-corrected chi connectivity index (χ0v) is 68.4. The SMILES string of the molecule is Brc1ccccc1-c1ccc(-c2cc(-c3ccccc3)cc(-c3ccccc3)n2)cc1.C.O=C1c2ccccc2C2(c3ccccc31)c1ccccc1-c1ccccc12.OC1(c2ccccc2-c2ccc(-c3cc(-c4ccccc4)cc(-c4ccccc4)n3)cc2)c2ccccc2C2(c3ccccc3-c3ccccc32)c2ccccc21.[CH2-]CCC.[Li+]. The Balaban J connectivity index is 0.000000137. The summed E-state index contributed by atoms with van der Waals surface area (Å²) in [7, 11) is 0. The van der Waals surface area contributed by atoms with Crippen molar-refractivity contribution in [2.24, 2.45) is 0 Å². The second-order valence-electron chi connectivity index (χ2n) is 30.7. The molecule has 6 heteroatoms. The number of pyridine rings is 2. The topological polar surface area (TPSA) is 63.1 Å². The van der Waals surface area contributed by atoms with Gasteiger partial charge in [0.1, 0.15) is 5.60 Å². The summed E-state index contributed by atoms with van der Waals surface area (Å²) in [6, 6.07) is 152. The van der Waals surface area contributed by atoms with Gasteiger partial charge in [-0.25, -0.2) is 9.97 Å². The molecule has 1 N–H and O–H groups in total. The van der Waals surface area contributed by atoms with Crippen LogP contribution in [0.3, 0.4) is 0 Å². The van der Waals surface area contributed by atoms with Gasteiger partial charge in [-0.15, -0.1) is 0 Å². The molecule has 0 unspecified atom stereocenters. The van der Waals surface area contributed by atoms with E-state index in [1.165, 1.54) is 73.2 Å². The van der Waals surface area contributed by atoms with Crippen molar-refractivity contribution in [3.05, 3.63) is 520 Å². The Morgan fingerprint density at radius 2 is 0.479 bits per heavy atom. The molecule has 576 valence electrons. The van der Waals surface area contributed by atoms with Crippen molar-refractivity contribution in [2.75, 3.05) is 0 Å². The van der Waals surface area contributed by atoms with E-state index in [-0.39, 0.29) is 32.1 Å². The molecule has 2 spiro atoms. The molecule has 121 heavy (non-hydrogen) atoms. The Kier molecular flexibility index (Phi) is 22.8. The van der Waals surface area contributed by atoms with E-state index in [2.05, 4.69) is 394 Å². The summed E-state index contributed by atoms with van der Waals surface area (Å²) in [4.78, 5) is 23.5. The number of halogens is 1. The summed E-state index contributed by atoms with van der Waals surface area (Å²) in [6.07, 6.45) is 2.28. The van der Waals surface area contributed by atoms with Gasteiger partial charge in [0.25, 0.3) is 0 Å². The smallest absolute Gasteiger partial charge is 0.376 e. The Morgan fingerprint density at radius 3 is 0.810 bits per heavy atom. The number of benzene rings is 16. The van der Waals surface area contributed by atoms with Gasteiger partial charge in [-0.2, -0.15) is 6.42 Å². The molecule has 0 aliphatic heterocycles. The minimum Gasteiger partial charge on any atom is -0.376 e. The van der Waals surface area contributed by atoms with Gasteiger partial charge in [-0.05, 0) is 153 Å². The predicted molar refractivity (Wildman–Crippen MR) is 500 cm³/mol. The van der Waals surface area contributed by atoms with Crippen LogP contribution in [0.5, 0.6) is 0 Å². The first-order valence-corrected chi connectivity index (χ1v) is 41.6. The number of aromatic nitrogens is 2. The maximum absolute atomic E-state index is 13.7. The number of fused-ring (bicyclic) bond motifs is 18. The molecule has 2 aromatic heterocycles. The van der Waals surface area contributed by atoms with Crippen LogP contribution in [0.2, 0.25) is 0 Å². The van der Waals surface area contributed by atoms with Crippen LogP contribution in [0.15, 0.2) is 441 Å². The fourth-order valence-corrected chi connectivity index (χ4v) is 19.1. The molecule has 16 aromatic carbocycles. The number of rotatable bonds is 10. The van der Waals surface area contributed by atoms with Gasteiger partial charge in [0.2, 0.25) is 0 Å². The first-order valence-electron chi connectivity index (χ1n) is 40.8. The molecule has 0 saturated heterocycles. The fourth-order valence-electron chi connectivity index (χ4n) is 18.6. The van der Waals surface area contributed by atoms with Crippen LogP contribution in [0, 0.1) is 6.92 Å². The fraction of sp³-hybridized carbons (Fsp3) is 0.0609. The van der Waals surface area contributed by atoms with Crippen molar-refractivity contribution in [2.45, 2.75) is 43.6 Å². The zero-order valence-electron chi connectivity index (χ0n) is 66.8. The Morgan fingerprint density at radius 1 is 0.256 bits per heavy atom. The summed E-state index contributed by atoms with van der Waals surface area (Å²) < 4.78 is 1.10. The molecule has 0 amide bonds. The van der Waals surface area contributed by atoms with Gasteiger partial charge < -0.3 is 12.0 Å². The number of unbranched alkanes of at least 4 members (excludes halogenated alkanes) is 1. The minimum absolute atomic E-state index is 0. The summed E-state index contributed by atoms with van der Waals surface area (Å²) in [6.45, 7) is 5.72. The van der Waals surface area contributed by atoms with Crippen LogP contribution in [0.4, 0.5) is 0 Å². The van der Waals surface area contributed by atoms with E-state index in [1.807, 2.05) is 72.8 Å². The van der Waals surface area contributed by atoms with Crippen molar-refractivity contribution in [1.82, 2.24) is 9.97 Å². The third kappa shape index (κ3) is 14.1. The van der Waals surface area contributed by atoms with Gasteiger partial charge >= 0.3 is 18.9 Å². The number of aliphatic hydroxyl groups is 1. The van der Waals surface area contributed by atoms with E-state index in [1.54, 1.807) is 0 Å². The van der Waals surface area contributed by atoms with E-state index < -0.39 is 16.4 Å². The van der Waals surface area contributed by atoms with Crippen LogP contribution in [0.25, 0.3) is 112 Å². The van der Waals surface area contributed by atoms with Crippen LogP contribution in [0.1, 0.15) is 104 Å². The van der Waals surface area contributed by atoms with Gasteiger partial charge in [-0.1, -0.05) is 443 Å². The second kappa shape index (κ2) is 34.5. The van der Waals surface area contributed by atoms with Crippen molar-refractivity contribution in [3.8, 4) is 112 Å². The van der Waals surface area contributed by atoms with Crippen molar-refractivity contribution >= 4 is 21.7 Å². The minimum atomic E-state index is -1.43. The molecular formula is C115H86BrLiN2O2. The van der Waals surface area contributed by atoms with Crippen molar-refractivity contribution < 1.29 is 28.8 Å². The quantitative estimate of drug-likeness (QED) is 0.109. The van der Waals surface area contributed by atoms with E-state index in [9.17, 15) is 9.90 Å². The Hall–Kier alpha value is -13.5. The van der Waals surface area contributed by atoms with Gasteiger partial charge in [0, 0.05) is 43.4 Å². The van der Waals surface area contributed by atoms with E-state index in [4.69, 9.17) is 9.97 Å². The van der Waals surface area contributed by atoms with Crippen LogP contribution in [-0.2, 0) is 16.4 Å². The number of carbonyl (C=O) groups is 1. The standard InChI is InChI=1S/C55H37NO.C29H20BrN.C26H16O.C4H9.CH4.Li/c57-55(50-29-15-13-27-48(50)54(49-28-14-16-30-51(49)55)45-24-10-8-22-43(45)44-23-9-11-25-46(44)54)47-26-12-7-21-42(47)38-31-33-40(34-32-38)53-36-41(37-17-3-1-4-18-37)35-52(56-53)39-19-5-2-6-20-39;30-27-14-8-7-13-26(27)22-15-17-24(18-16-22)29-20-25(21-9-3-1-4-10-21)19-28(31-29)23-11-5-2-6-12-23;27-25-19-11-3-7-15-23(19)26(24-16-8-4-12-20(24)25)21-13-5-1-9-17(21)18-10-2-6-14-22(18)26;1-3-4-2;;/h1-36,57H;1-20H;1-16H;1,3-4H2,2H3;1H4;/q;;;-1;;+1. The maximum Gasteiger partial charge on any atom is 1.00 e. The van der Waals surface area contributed by atoms with Crippen LogP contribution in [-0.4, -0.2) is 20.9 Å². The predicted octanol–water partition coefficient (Wildman–Crippen LogP) is 26.1. The average Bonchev–Trinajstić information content (AvgIpc) is 1.57. The van der Waals surface area contributed by atoms with Gasteiger partial charge in [-0.3, -0.25) is 4.79 Å².